The molecule has 2 N–H and O–H groups in total. The molecule has 1 aromatic carbocycles. The van der Waals surface area contributed by atoms with E-state index in [9.17, 15) is 4.79 Å². The molecule has 2 aliphatic rings. The molecule has 11 nitrogen and oxygen atoms in total. The molecule has 0 spiro atoms. The van der Waals surface area contributed by atoms with Gasteiger partial charge in [-0.2, -0.15) is 10.1 Å². The summed E-state index contributed by atoms with van der Waals surface area (Å²) in [5.74, 6) is 1.40. The van der Waals surface area contributed by atoms with Crippen LogP contribution in [0.15, 0.2) is 43.2 Å². The molecule has 200 valence electrons. The van der Waals surface area contributed by atoms with Crippen LogP contribution < -0.4 is 20.3 Å². The summed E-state index contributed by atoms with van der Waals surface area (Å²) in [6.45, 7) is 12.4. The smallest absolute Gasteiger partial charge is 0.247 e. The highest BCUT2D eigenvalue weighted by Crippen LogP contribution is 2.38. The van der Waals surface area contributed by atoms with Crippen LogP contribution in [0.4, 0.5) is 23.0 Å². The van der Waals surface area contributed by atoms with Crippen molar-refractivity contribution < 1.29 is 9.53 Å². The second-order valence-electron chi connectivity index (χ2n) is 9.73. The van der Waals surface area contributed by atoms with Crippen LogP contribution >= 0.6 is 0 Å². The zero-order valence-corrected chi connectivity index (χ0v) is 22.3. The summed E-state index contributed by atoms with van der Waals surface area (Å²) >= 11 is 0. The van der Waals surface area contributed by atoms with Gasteiger partial charge in [0, 0.05) is 62.8 Å². The molecule has 0 aliphatic carbocycles. The normalized spacial score (nSPS) is 16.1. The van der Waals surface area contributed by atoms with E-state index in [0.29, 0.717) is 28.9 Å². The van der Waals surface area contributed by atoms with Crippen LogP contribution in [-0.2, 0) is 11.3 Å². The number of carbonyl (C=O) groups excluding carboxylic acids is 1. The van der Waals surface area contributed by atoms with Crippen LogP contribution in [0.3, 0.4) is 0 Å². The Hall–Kier alpha value is -3.96. The van der Waals surface area contributed by atoms with Gasteiger partial charge in [-0.05, 0) is 45.6 Å². The number of likely N-dealkylation sites (tertiary alicyclic amines) is 1. The van der Waals surface area contributed by atoms with Crippen molar-refractivity contribution in [1.29, 1.82) is 0 Å². The number of carbonyl (C=O) groups is 1. The van der Waals surface area contributed by atoms with Crippen molar-refractivity contribution >= 4 is 28.9 Å². The molecule has 0 saturated carbocycles. The number of likely N-dealkylation sites (N-methyl/N-ethyl adjacent to an activating group) is 1. The van der Waals surface area contributed by atoms with Gasteiger partial charge in [0.05, 0.1) is 29.9 Å². The molecule has 0 radical (unpaired) electrons. The van der Waals surface area contributed by atoms with Gasteiger partial charge >= 0.3 is 0 Å². The van der Waals surface area contributed by atoms with E-state index in [2.05, 4.69) is 49.0 Å². The predicted octanol–water partition coefficient (Wildman–Crippen LogP) is 2.80. The van der Waals surface area contributed by atoms with Gasteiger partial charge in [0.25, 0.3) is 0 Å². The number of benzene rings is 1. The Kier molecular flexibility index (Phi) is 7.57. The molecular formula is C27H35N9O2. The Morgan fingerprint density at radius 2 is 1.95 bits per heavy atom. The molecule has 5 rings (SSSR count). The molecule has 2 fully saturated rings. The third-order valence-corrected chi connectivity index (χ3v) is 7.07. The molecule has 2 aliphatic heterocycles. The number of ether oxygens (including phenoxy) is 1. The summed E-state index contributed by atoms with van der Waals surface area (Å²) in [6.07, 6.45) is 6.25. The molecule has 2 saturated heterocycles. The number of anilines is 4. The van der Waals surface area contributed by atoms with E-state index in [1.807, 2.05) is 31.3 Å². The van der Waals surface area contributed by atoms with E-state index < -0.39 is 0 Å². The fourth-order valence-electron chi connectivity index (χ4n) is 4.64. The second-order valence-corrected chi connectivity index (χ2v) is 9.73. The molecule has 38 heavy (non-hydrogen) atoms. The number of aryl methyl sites for hydroxylation is 1. The van der Waals surface area contributed by atoms with Gasteiger partial charge in [0.2, 0.25) is 11.9 Å². The number of hydrogen-bond acceptors (Lipinski definition) is 9. The van der Waals surface area contributed by atoms with E-state index in [4.69, 9.17) is 9.72 Å². The van der Waals surface area contributed by atoms with Crippen LogP contribution in [0.25, 0.3) is 5.82 Å². The summed E-state index contributed by atoms with van der Waals surface area (Å²) in [5.41, 5.74) is 4.39. The number of hydrogen-bond donors (Lipinski definition) is 2. The highest BCUT2D eigenvalue weighted by atomic mass is 16.5. The van der Waals surface area contributed by atoms with Gasteiger partial charge in [-0.15, -0.1) is 0 Å². The van der Waals surface area contributed by atoms with Crippen molar-refractivity contribution in [1.82, 2.24) is 29.5 Å². The molecule has 1 amide bonds. The number of rotatable bonds is 9. The van der Waals surface area contributed by atoms with E-state index in [1.54, 1.807) is 18.0 Å². The van der Waals surface area contributed by atoms with E-state index >= 15 is 0 Å². The Morgan fingerprint density at radius 1 is 1.16 bits per heavy atom. The lowest BCUT2D eigenvalue weighted by Crippen LogP contribution is -2.44. The Bertz CT molecular complexity index is 1310. The lowest BCUT2D eigenvalue weighted by atomic mass is 10.1. The van der Waals surface area contributed by atoms with Crippen LogP contribution in [0.1, 0.15) is 17.7 Å². The zero-order chi connectivity index (χ0) is 26.6. The first-order valence-corrected chi connectivity index (χ1v) is 12.9. The number of piperazine rings is 1. The molecule has 3 aromatic rings. The molecule has 4 heterocycles. The fraction of sp³-hybridized carbons (Fsp3) is 0.407. The second kappa shape index (κ2) is 11.2. The SMILES string of the molecule is C=CC(=O)Nc1cc(Nc2nccc(-n3cc(CN4CCC4)c(C)n3)n2)c(OC)cc1N1CCN(C)CC1. The Balaban J connectivity index is 1.42. The Labute approximate surface area is 223 Å². The predicted molar refractivity (Wildman–Crippen MR) is 149 cm³/mol. The average molecular weight is 518 g/mol. The molecule has 0 atom stereocenters. The maximum absolute atomic E-state index is 12.3. The van der Waals surface area contributed by atoms with Crippen molar-refractivity contribution in [2.45, 2.75) is 19.9 Å². The van der Waals surface area contributed by atoms with Crippen molar-refractivity contribution in [3.63, 3.8) is 0 Å². The summed E-state index contributed by atoms with van der Waals surface area (Å²) in [4.78, 5) is 28.3. The van der Waals surface area contributed by atoms with Crippen molar-refractivity contribution in [3.05, 3.63) is 54.5 Å². The summed E-state index contributed by atoms with van der Waals surface area (Å²) < 4.78 is 7.53. The van der Waals surface area contributed by atoms with Crippen LogP contribution in [0.2, 0.25) is 0 Å². The largest absolute Gasteiger partial charge is 0.494 e. The molecule has 0 unspecified atom stereocenters. The van der Waals surface area contributed by atoms with E-state index in [0.717, 1.165) is 57.2 Å². The van der Waals surface area contributed by atoms with Gasteiger partial charge in [-0.3, -0.25) is 9.69 Å². The van der Waals surface area contributed by atoms with Gasteiger partial charge in [0.15, 0.2) is 5.82 Å². The van der Waals surface area contributed by atoms with Gasteiger partial charge in [-0.1, -0.05) is 6.58 Å². The van der Waals surface area contributed by atoms with Gasteiger partial charge < -0.3 is 25.2 Å². The number of amides is 1. The quantitative estimate of drug-likeness (QED) is 0.415. The van der Waals surface area contributed by atoms with E-state index in [-0.39, 0.29) is 5.91 Å². The van der Waals surface area contributed by atoms with Crippen molar-refractivity contribution in [2.24, 2.45) is 0 Å². The summed E-state index contributed by atoms with van der Waals surface area (Å²) in [5, 5.41) is 10.9. The third-order valence-electron chi connectivity index (χ3n) is 7.07. The van der Waals surface area contributed by atoms with Gasteiger partial charge in [0.1, 0.15) is 5.75 Å². The van der Waals surface area contributed by atoms with Gasteiger partial charge in [-0.25, -0.2) is 9.67 Å². The molecule has 11 heteroatoms. The lowest BCUT2D eigenvalue weighted by Gasteiger charge is -2.35. The molecular weight excluding hydrogens is 482 g/mol. The summed E-state index contributed by atoms with van der Waals surface area (Å²) in [7, 11) is 3.73. The maximum Gasteiger partial charge on any atom is 0.247 e. The fourth-order valence-corrected chi connectivity index (χ4v) is 4.64. The van der Waals surface area contributed by atoms with Crippen LogP contribution in [0.5, 0.6) is 5.75 Å². The minimum atomic E-state index is -0.280. The first-order valence-electron chi connectivity index (χ1n) is 12.9. The number of aromatic nitrogens is 4. The first kappa shape index (κ1) is 25.7. The maximum atomic E-state index is 12.3. The molecule has 2 aromatic heterocycles. The Morgan fingerprint density at radius 3 is 2.63 bits per heavy atom. The number of nitrogens with one attached hydrogen (secondary N) is 2. The minimum absolute atomic E-state index is 0.280. The zero-order valence-electron chi connectivity index (χ0n) is 22.3. The number of nitrogens with zero attached hydrogens (tertiary/aromatic N) is 7. The van der Waals surface area contributed by atoms with Crippen molar-refractivity contribution in [3.8, 4) is 11.6 Å². The topological polar surface area (TPSA) is 104 Å². The highest BCUT2D eigenvalue weighted by Gasteiger charge is 2.21. The van der Waals surface area contributed by atoms with Crippen LogP contribution in [-0.4, -0.2) is 88.9 Å². The number of methoxy groups -OCH3 is 1. The standard InChI is InChI=1S/C27H35N9O2/c1-5-26(37)29-21-15-22(24(38-4)16-23(21)35-13-11-33(3)12-14-35)30-27-28-8-7-25(31-27)36-18-20(19(2)32-36)17-34-9-6-10-34/h5,7-8,15-16,18H,1,6,9-14,17H2,2-4H3,(H,29,37)(H,28,30,31). The first-order chi connectivity index (χ1) is 18.4. The monoisotopic (exact) mass is 517 g/mol. The average Bonchev–Trinajstić information content (AvgIpc) is 3.27. The lowest BCUT2D eigenvalue weighted by molar-refractivity contribution is -0.111. The summed E-state index contributed by atoms with van der Waals surface area (Å²) in [6, 6.07) is 5.62. The van der Waals surface area contributed by atoms with Crippen LogP contribution in [0, 0.1) is 6.92 Å². The molecule has 0 bridgehead atoms. The third kappa shape index (κ3) is 5.63. The van der Waals surface area contributed by atoms with Crippen molar-refractivity contribution in [2.75, 3.05) is 69.0 Å². The highest BCUT2D eigenvalue weighted by molar-refractivity contribution is 6.02. The van der Waals surface area contributed by atoms with E-state index in [1.165, 1.54) is 18.1 Å². The minimum Gasteiger partial charge on any atom is -0.494 e.